The standard InChI is InChI=1S/C19H20O6/c1-22-14-7-5-6-12(8-14)9-15(19(20)21)13-10-16(23-2)18(25-4)17(11-13)24-3/h5-11H,1-4H3,(H,20,21)/b15-9+. The van der Waals surface area contributed by atoms with Gasteiger partial charge in [0.15, 0.2) is 11.5 Å². The molecule has 25 heavy (non-hydrogen) atoms. The molecular weight excluding hydrogens is 324 g/mol. The maximum Gasteiger partial charge on any atom is 0.336 e. The third-order valence-electron chi connectivity index (χ3n) is 3.61. The van der Waals surface area contributed by atoms with Gasteiger partial charge in [-0.2, -0.15) is 0 Å². The third kappa shape index (κ3) is 4.03. The summed E-state index contributed by atoms with van der Waals surface area (Å²) in [7, 11) is 6.00. The molecule has 0 aromatic heterocycles. The number of hydrogen-bond donors (Lipinski definition) is 1. The van der Waals surface area contributed by atoms with Crippen LogP contribution < -0.4 is 18.9 Å². The normalized spacial score (nSPS) is 11.0. The van der Waals surface area contributed by atoms with E-state index in [1.165, 1.54) is 21.3 Å². The lowest BCUT2D eigenvalue weighted by Crippen LogP contribution is -2.02. The van der Waals surface area contributed by atoms with E-state index in [1.54, 1.807) is 49.6 Å². The Bertz CT molecular complexity index is 769. The molecule has 0 saturated carbocycles. The van der Waals surface area contributed by atoms with Gasteiger partial charge in [-0.15, -0.1) is 0 Å². The van der Waals surface area contributed by atoms with E-state index in [1.807, 2.05) is 0 Å². The molecular formula is C19H20O6. The molecule has 0 aliphatic heterocycles. The van der Waals surface area contributed by atoms with Gasteiger partial charge in [-0.1, -0.05) is 12.1 Å². The zero-order chi connectivity index (χ0) is 18.4. The Labute approximate surface area is 146 Å². The molecule has 2 aromatic rings. The van der Waals surface area contributed by atoms with Crippen LogP contribution >= 0.6 is 0 Å². The first kappa shape index (κ1) is 18.2. The first-order valence-electron chi connectivity index (χ1n) is 7.43. The molecule has 0 fully saturated rings. The topological polar surface area (TPSA) is 74.2 Å². The Hall–Kier alpha value is -3.15. The summed E-state index contributed by atoms with van der Waals surface area (Å²) >= 11 is 0. The molecule has 0 bridgehead atoms. The van der Waals surface area contributed by atoms with Gasteiger partial charge in [0, 0.05) is 0 Å². The van der Waals surface area contributed by atoms with Crippen LogP contribution in [0.3, 0.4) is 0 Å². The first-order chi connectivity index (χ1) is 12.0. The van der Waals surface area contributed by atoms with Crippen molar-refractivity contribution in [2.24, 2.45) is 0 Å². The molecule has 6 heteroatoms. The van der Waals surface area contributed by atoms with Crippen LogP contribution in [0.2, 0.25) is 0 Å². The largest absolute Gasteiger partial charge is 0.497 e. The highest BCUT2D eigenvalue weighted by Crippen LogP contribution is 2.40. The summed E-state index contributed by atoms with van der Waals surface area (Å²) in [5.41, 5.74) is 1.22. The highest BCUT2D eigenvalue weighted by molar-refractivity contribution is 6.20. The quantitative estimate of drug-likeness (QED) is 0.613. The SMILES string of the molecule is COc1cccc(/C=C(/C(=O)O)c2cc(OC)c(OC)c(OC)c2)c1. The number of carbonyl (C=O) groups is 1. The zero-order valence-corrected chi connectivity index (χ0v) is 14.5. The second-order valence-corrected chi connectivity index (χ2v) is 5.05. The molecule has 0 aliphatic carbocycles. The van der Waals surface area contributed by atoms with Crippen molar-refractivity contribution in [2.75, 3.05) is 28.4 Å². The molecule has 1 N–H and O–H groups in total. The van der Waals surface area contributed by atoms with E-state index in [0.29, 0.717) is 34.1 Å². The van der Waals surface area contributed by atoms with Gasteiger partial charge in [0.25, 0.3) is 0 Å². The lowest BCUT2D eigenvalue weighted by molar-refractivity contribution is -0.130. The molecule has 132 valence electrons. The smallest absolute Gasteiger partial charge is 0.336 e. The highest BCUT2D eigenvalue weighted by atomic mass is 16.5. The molecule has 0 aliphatic rings. The lowest BCUT2D eigenvalue weighted by Gasteiger charge is -2.14. The van der Waals surface area contributed by atoms with Crippen LogP contribution in [-0.4, -0.2) is 39.5 Å². The van der Waals surface area contributed by atoms with E-state index in [2.05, 4.69) is 0 Å². The van der Waals surface area contributed by atoms with Gasteiger partial charge in [0.2, 0.25) is 5.75 Å². The van der Waals surface area contributed by atoms with Gasteiger partial charge in [-0.25, -0.2) is 4.79 Å². The van der Waals surface area contributed by atoms with Gasteiger partial charge in [-0.05, 0) is 41.5 Å². The van der Waals surface area contributed by atoms with Crippen molar-refractivity contribution < 1.29 is 28.8 Å². The van der Waals surface area contributed by atoms with Gasteiger partial charge < -0.3 is 24.1 Å². The monoisotopic (exact) mass is 344 g/mol. The molecule has 0 radical (unpaired) electrons. The van der Waals surface area contributed by atoms with E-state index in [4.69, 9.17) is 18.9 Å². The second kappa shape index (κ2) is 8.10. The predicted molar refractivity (Wildman–Crippen MR) is 94.6 cm³/mol. The number of rotatable bonds is 7. The Balaban J connectivity index is 2.60. The van der Waals surface area contributed by atoms with Crippen LogP contribution in [0.15, 0.2) is 36.4 Å². The minimum Gasteiger partial charge on any atom is -0.497 e. The lowest BCUT2D eigenvalue weighted by atomic mass is 10.0. The Morgan fingerprint density at radius 1 is 0.920 bits per heavy atom. The summed E-state index contributed by atoms with van der Waals surface area (Å²) < 4.78 is 21.0. The molecule has 6 nitrogen and oxygen atoms in total. The minimum atomic E-state index is -1.07. The maximum absolute atomic E-state index is 11.8. The molecule has 2 rings (SSSR count). The first-order valence-corrected chi connectivity index (χ1v) is 7.43. The van der Waals surface area contributed by atoms with Crippen molar-refractivity contribution in [2.45, 2.75) is 0 Å². The summed E-state index contributed by atoms with van der Waals surface area (Å²) in [6, 6.07) is 10.3. The predicted octanol–water partition coefficient (Wildman–Crippen LogP) is 3.35. The Kier molecular flexibility index (Phi) is 5.89. The number of carboxylic acid groups (broad SMARTS) is 1. The zero-order valence-electron chi connectivity index (χ0n) is 14.5. The van der Waals surface area contributed by atoms with Crippen molar-refractivity contribution in [1.82, 2.24) is 0 Å². The molecule has 0 heterocycles. The van der Waals surface area contributed by atoms with Crippen molar-refractivity contribution in [1.29, 1.82) is 0 Å². The van der Waals surface area contributed by atoms with Crippen molar-refractivity contribution in [3.05, 3.63) is 47.5 Å². The number of methoxy groups -OCH3 is 4. The summed E-state index contributed by atoms with van der Waals surface area (Å²) in [6.07, 6.45) is 1.56. The van der Waals surface area contributed by atoms with Crippen LogP contribution in [0.25, 0.3) is 11.6 Å². The van der Waals surface area contributed by atoms with E-state index in [9.17, 15) is 9.90 Å². The fraction of sp³-hybridized carbons (Fsp3) is 0.211. The summed E-state index contributed by atoms with van der Waals surface area (Å²) in [6.45, 7) is 0. The second-order valence-electron chi connectivity index (χ2n) is 5.05. The summed E-state index contributed by atoms with van der Waals surface area (Å²) in [4.78, 5) is 11.8. The fourth-order valence-corrected chi connectivity index (χ4v) is 2.40. The van der Waals surface area contributed by atoms with Crippen LogP contribution in [0, 0.1) is 0 Å². The van der Waals surface area contributed by atoms with E-state index in [-0.39, 0.29) is 5.57 Å². The summed E-state index contributed by atoms with van der Waals surface area (Å²) in [5, 5.41) is 9.66. The van der Waals surface area contributed by atoms with Crippen LogP contribution in [0.1, 0.15) is 11.1 Å². The Morgan fingerprint density at radius 3 is 2.04 bits per heavy atom. The van der Waals surface area contributed by atoms with Gasteiger partial charge in [0.05, 0.1) is 34.0 Å². The molecule has 0 spiro atoms. The number of carboxylic acids is 1. The number of benzene rings is 2. The molecule has 0 atom stereocenters. The number of aliphatic carboxylic acids is 1. The molecule has 0 unspecified atom stereocenters. The average Bonchev–Trinajstić information content (AvgIpc) is 2.64. The average molecular weight is 344 g/mol. The highest BCUT2D eigenvalue weighted by Gasteiger charge is 2.18. The van der Waals surface area contributed by atoms with Crippen LogP contribution in [-0.2, 0) is 4.79 Å². The fourth-order valence-electron chi connectivity index (χ4n) is 2.40. The van der Waals surface area contributed by atoms with Crippen molar-refractivity contribution in [3.63, 3.8) is 0 Å². The van der Waals surface area contributed by atoms with Crippen molar-refractivity contribution >= 4 is 17.6 Å². The van der Waals surface area contributed by atoms with E-state index >= 15 is 0 Å². The van der Waals surface area contributed by atoms with Crippen molar-refractivity contribution in [3.8, 4) is 23.0 Å². The van der Waals surface area contributed by atoms with Gasteiger partial charge >= 0.3 is 5.97 Å². The number of ether oxygens (including phenoxy) is 4. The minimum absolute atomic E-state index is 0.0903. The van der Waals surface area contributed by atoms with Crippen LogP contribution in [0.4, 0.5) is 0 Å². The van der Waals surface area contributed by atoms with Crippen LogP contribution in [0.5, 0.6) is 23.0 Å². The van der Waals surface area contributed by atoms with Gasteiger partial charge in [-0.3, -0.25) is 0 Å². The Morgan fingerprint density at radius 2 is 1.56 bits per heavy atom. The third-order valence-corrected chi connectivity index (χ3v) is 3.61. The maximum atomic E-state index is 11.8. The molecule has 0 saturated heterocycles. The number of hydrogen-bond acceptors (Lipinski definition) is 5. The van der Waals surface area contributed by atoms with Gasteiger partial charge in [0.1, 0.15) is 5.75 Å². The molecule has 2 aromatic carbocycles. The summed E-state index contributed by atoms with van der Waals surface area (Å²) in [5.74, 6) is 0.740. The van der Waals surface area contributed by atoms with E-state index < -0.39 is 5.97 Å². The van der Waals surface area contributed by atoms with E-state index in [0.717, 1.165) is 0 Å². The molecule has 0 amide bonds.